The lowest BCUT2D eigenvalue weighted by molar-refractivity contribution is 0.371. The number of nitrogens with zero attached hydrogens (tertiary/aromatic N) is 2. The third-order valence-electron chi connectivity index (χ3n) is 3.79. The van der Waals surface area contributed by atoms with Gasteiger partial charge in [-0.15, -0.1) is 0 Å². The van der Waals surface area contributed by atoms with Crippen LogP contribution in [0, 0.1) is 0 Å². The number of nitrogens with two attached hydrogens (primary N) is 1. The molecule has 0 saturated carbocycles. The number of benzene rings is 2. The monoisotopic (exact) mass is 389 g/mol. The van der Waals surface area contributed by atoms with Crippen LogP contribution in [0.1, 0.15) is 23.6 Å². The molecule has 23 heavy (non-hydrogen) atoms. The number of methoxy groups -OCH3 is 1. The molecule has 1 unspecified atom stereocenters. The predicted molar refractivity (Wildman–Crippen MR) is 99.7 cm³/mol. The SMILES string of the molecule is COc1ccc(C2CC(c3cccc(Br)c3)=NN2C(N)=S)cc1. The van der Waals surface area contributed by atoms with E-state index in [2.05, 4.69) is 21.0 Å². The van der Waals surface area contributed by atoms with Gasteiger partial charge in [-0.1, -0.05) is 40.2 Å². The van der Waals surface area contributed by atoms with E-state index in [4.69, 9.17) is 22.7 Å². The van der Waals surface area contributed by atoms with Crippen LogP contribution in [0.5, 0.6) is 5.75 Å². The molecule has 3 rings (SSSR count). The molecule has 0 amide bonds. The summed E-state index contributed by atoms with van der Waals surface area (Å²) in [7, 11) is 1.65. The summed E-state index contributed by atoms with van der Waals surface area (Å²) >= 11 is 8.67. The van der Waals surface area contributed by atoms with Crippen LogP contribution >= 0.6 is 28.1 Å². The fourth-order valence-electron chi connectivity index (χ4n) is 2.64. The molecule has 0 fully saturated rings. The number of hydrogen-bond acceptors (Lipinski definition) is 3. The zero-order valence-corrected chi connectivity index (χ0v) is 15.0. The van der Waals surface area contributed by atoms with E-state index in [0.29, 0.717) is 0 Å². The molecule has 1 atom stereocenters. The Morgan fingerprint density at radius 3 is 2.65 bits per heavy atom. The molecular weight excluding hydrogens is 374 g/mol. The van der Waals surface area contributed by atoms with Gasteiger partial charge in [-0.3, -0.25) is 0 Å². The number of hydrogen-bond donors (Lipinski definition) is 1. The second-order valence-corrected chi connectivity index (χ2v) is 6.57. The lowest BCUT2D eigenvalue weighted by Gasteiger charge is -2.22. The fourth-order valence-corrected chi connectivity index (χ4v) is 3.21. The first-order chi connectivity index (χ1) is 11.1. The zero-order valence-electron chi connectivity index (χ0n) is 12.6. The van der Waals surface area contributed by atoms with Gasteiger partial charge < -0.3 is 10.5 Å². The molecule has 0 radical (unpaired) electrons. The van der Waals surface area contributed by atoms with Crippen molar-refractivity contribution >= 4 is 39.0 Å². The van der Waals surface area contributed by atoms with Crippen LogP contribution in [0.25, 0.3) is 0 Å². The average molecular weight is 390 g/mol. The number of rotatable bonds is 3. The summed E-state index contributed by atoms with van der Waals surface area (Å²) in [6.07, 6.45) is 0.750. The number of hydrazone groups is 1. The summed E-state index contributed by atoms with van der Waals surface area (Å²) < 4.78 is 6.23. The molecule has 0 aliphatic carbocycles. The van der Waals surface area contributed by atoms with Crippen molar-refractivity contribution in [2.75, 3.05) is 7.11 Å². The Balaban J connectivity index is 1.92. The second-order valence-electron chi connectivity index (χ2n) is 5.23. The second kappa shape index (κ2) is 6.68. The Labute approximate surface area is 149 Å². The van der Waals surface area contributed by atoms with Gasteiger partial charge in [0.05, 0.1) is 18.9 Å². The Morgan fingerprint density at radius 1 is 1.30 bits per heavy atom. The molecule has 2 aromatic carbocycles. The van der Waals surface area contributed by atoms with Crippen LogP contribution in [0.2, 0.25) is 0 Å². The summed E-state index contributed by atoms with van der Waals surface area (Å²) in [6.45, 7) is 0. The maximum absolute atomic E-state index is 5.87. The van der Waals surface area contributed by atoms with Gasteiger partial charge in [-0.2, -0.15) is 5.10 Å². The van der Waals surface area contributed by atoms with Crippen LogP contribution in [0.15, 0.2) is 58.1 Å². The molecule has 0 bridgehead atoms. The standard InChI is InChI=1S/C17H16BrN3OS/c1-22-14-7-5-11(6-8-14)16-10-15(20-21(16)17(19)23)12-3-2-4-13(18)9-12/h2-9,16H,10H2,1H3,(H2,19,23). The molecular formula is C17H16BrN3OS. The largest absolute Gasteiger partial charge is 0.497 e. The highest BCUT2D eigenvalue weighted by Crippen LogP contribution is 2.33. The Hall–Kier alpha value is -1.92. The number of thiocarbonyl (C=S) groups is 1. The third-order valence-corrected chi connectivity index (χ3v) is 4.47. The Morgan fingerprint density at radius 2 is 2.04 bits per heavy atom. The van der Waals surface area contributed by atoms with Crippen LogP contribution in [0.4, 0.5) is 0 Å². The fraction of sp³-hybridized carbons (Fsp3) is 0.176. The normalized spacial score (nSPS) is 17.0. The highest BCUT2D eigenvalue weighted by Gasteiger charge is 2.30. The molecule has 0 saturated heterocycles. The van der Waals surface area contributed by atoms with E-state index in [0.717, 1.165) is 33.5 Å². The van der Waals surface area contributed by atoms with E-state index in [1.165, 1.54) is 0 Å². The van der Waals surface area contributed by atoms with Crippen molar-refractivity contribution in [3.63, 3.8) is 0 Å². The average Bonchev–Trinajstić information content (AvgIpc) is 3.00. The molecule has 0 aromatic heterocycles. The first-order valence-corrected chi connectivity index (χ1v) is 8.34. The summed E-state index contributed by atoms with van der Waals surface area (Å²) in [5, 5.41) is 6.62. The Kier molecular flexibility index (Phi) is 4.63. The molecule has 1 aliphatic rings. The van der Waals surface area contributed by atoms with Crippen molar-refractivity contribution in [2.45, 2.75) is 12.5 Å². The predicted octanol–water partition coefficient (Wildman–Crippen LogP) is 3.85. The third kappa shape index (κ3) is 3.38. The zero-order chi connectivity index (χ0) is 16.4. The smallest absolute Gasteiger partial charge is 0.187 e. The molecule has 1 aliphatic heterocycles. The number of halogens is 1. The first kappa shape index (κ1) is 16.0. The maximum Gasteiger partial charge on any atom is 0.187 e. The van der Waals surface area contributed by atoms with Crippen LogP contribution in [-0.4, -0.2) is 22.9 Å². The minimum Gasteiger partial charge on any atom is -0.497 e. The van der Waals surface area contributed by atoms with Crippen LogP contribution in [-0.2, 0) is 0 Å². The van der Waals surface area contributed by atoms with Crippen molar-refractivity contribution in [3.8, 4) is 5.75 Å². The van der Waals surface area contributed by atoms with Gasteiger partial charge >= 0.3 is 0 Å². The van der Waals surface area contributed by atoms with Crippen molar-refractivity contribution in [2.24, 2.45) is 10.8 Å². The molecule has 118 valence electrons. The topological polar surface area (TPSA) is 50.8 Å². The summed E-state index contributed by atoms with van der Waals surface area (Å²) in [6, 6.07) is 16.0. The molecule has 0 spiro atoms. The van der Waals surface area contributed by atoms with Crippen LogP contribution in [0.3, 0.4) is 0 Å². The van der Waals surface area contributed by atoms with E-state index in [9.17, 15) is 0 Å². The van der Waals surface area contributed by atoms with Crippen LogP contribution < -0.4 is 10.5 Å². The summed E-state index contributed by atoms with van der Waals surface area (Å²) in [5.74, 6) is 0.821. The van der Waals surface area contributed by atoms with E-state index < -0.39 is 0 Å². The minimum atomic E-state index is 0.00684. The van der Waals surface area contributed by atoms with Crippen molar-refractivity contribution in [1.82, 2.24) is 5.01 Å². The Bertz CT molecular complexity index is 761. The van der Waals surface area contributed by atoms with Crippen molar-refractivity contribution in [1.29, 1.82) is 0 Å². The van der Waals surface area contributed by atoms with Gasteiger partial charge in [-0.25, -0.2) is 5.01 Å². The van der Waals surface area contributed by atoms with E-state index in [1.807, 2.05) is 48.5 Å². The highest BCUT2D eigenvalue weighted by atomic mass is 79.9. The van der Waals surface area contributed by atoms with E-state index >= 15 is 0 Å². The van der Waals surface area contributed by atoms with Gasteiger partial charge in [0.25, 0.3) is 0 Å². The lowest BCUT2D eigenvalue weighted by Crippen LogP contribution is -2.31. The van der Waals surface area contributed by atoms with Gasteiger partial charge in [0, 0.05) is 10.9 Å². The molecule has 2 N–H and O–H groups in total. The molecule has 4 nitrogen and oxygen atoms in total. The number of ether oxygens (including phenoxy) is 1. The van der Waals surface area contributed by atoms with Gasteiger partial charge in [0.2, 0.25) is 0 Å². The van der Waals surface area contributed by atoms with Gasteiger partial charge in [-0.05, 0) is 47.6 Å². The molecule has 6 heteroatoms. The van der Waals surface area contributed by atoms with Gasteiger partial charge in [0.1, 0.15) is 5.75 Å². The van der Waals surface area contributed by atoms with Crippen molar-refractivity contribution < 1.29 is 4.74 Å². The minimum absolute atomic E-state index is 0.00684. The lowest BCUT2D eigenvalue weighted by atomic mass is 9.98. The first-order valence-electron chi connectivity index (χ1n) is 7.14. The quantitative estimate of drug-likeness (QED) is 0.809. The van der Waals surface area contributed by atoms with E-state index in [-0.39, 0.29) is 11.2 Å². The van der Waals surface area contributed by atoms with Crippen molar-refractivity contribution in [3.05, 3.63) is 64.1 Å². The maximum atomic E-state index is 5.87. The highest BCUT2D eigenvalue weighted by molar-refractivity contribution is 9.10. The van der Waals surface area contributed by atoms with E-state index in [1.54, 1.807) is 12.1 Å². The summed E-state index contributed by atoms with van der Waals surface area (Å²) in [5.41, 5.74) is 9.01. The van der Waals surface area contributed by atoms with Gasteiger partial charge in [0.15, 0.2) is 5.11 Å². The summed E-state index contributed by atoms with van der Waals surface area (Å²) in [4.78, 5) is 0. The molecule has 2 aromatic rings. The molecule has 1 heterocycles.